The van der Waals surface area contributed by atoms with Crippen LogP contribution in [0.5, 0.6) is 0 Å². The number of carbonyl (C=O) groups excluding carboxylic acids is 2. The van der Waals surface area contributed by atoms with Gasteiger partial charge in [0.05, 0.1) is 6.10 Å². The molecule has 0 bridgehead atoms. The molecular formula is C17H30N2O4. The minimum atomic E-state index is -0.663. The third-order valence-corrected chi connectivity index (χ3v) is 4.79. The fourth-order valence-corrected chi connectivity index (χ4v) is 3.43. The molecule has 2 N–H and O–H groups in total. The Labute approximate surface area is 138 Å². The maximum absolute atomic E-state index is 12.9. The zero-order chi connectivity index (χ0) is 17.2. The molecule has 1 aliphatic carbocycles. The van der Waals surface area contributed by atoms with Gasteiger partial charge >= 0.3 is 6.09 Å². The Bertz CT molecular complexity index is 440. The van der Waals surface area contributed by atoms with Crippen LogP contribution in [-0.4, -0.2) is 52.8 Å². The van der Waals surface area contributed by atoms with E-state index in [2.05, 4.69) is 5.32 Å². The zero-order valence-corrected chi connectivity index (χ0v) is 14.7. The molecule has 1 aliphatic heterocycles. The largest absolute Gasteiger partial charge is 0.446 e. The number of hydrogen-bond donors (Lipinski definition) is 2. The van der Waals surface area contributed by atoms with E-state index < -0.39 is 23.7 Å². The van der Waals surface area contributed by atoms with Gasteiger partial charge in [-0.25, -0.2) is 4.79 Å². The van der Waals surface area contributed by atoms with Gasteiger partial charge < -0.3 is 20.1 Å². The molecule has 0 aromatic heterocycles. The van der Waals surface area contributed by atoms with Crippen molar-refractivity contribution in [3.05, 3.63) is 0 Å². The third-order valence-electron chi connectivity index (χ3n) is 4.79. The number of aliphatic hydroxyl groups excluding tert-OH is 1. The minimum absolute atomic E-state index is 0.0185. The van der Waals surface area contributed by atoms with Gasteiger partial charge in [-0.15, -0.1) is 0 Å². The highest BCUT2D eigenvalue weighted by atomic mass is 16.6. The number of rotatable bonds is 3. The average Bonchev–Trinajstić information content (AvgIpc) is 3.03. The van der Waals surface area contributed by atoms with Crippen molar-refractivity contribution in [2.45, 2.75) is 84.1 Å². The Hall–Kier alpha value is -1.30. The van der Waals surface area contributed by atoms with Crippen molar-refractivity contribution in [1.29, 1.82) is 0 Å². The summed E-state index contributed by atoms with van der Waals surface area (Å²) in [6, 6.07) is -0.681. The lowest BCUT2D eigenvalue weighted by Gasteiger charge is -2.34. The highest BCUT2D eigenvalue weighted by molar-refractivity contribution is 5.87. The van der Waals surface area contributed by atoms with E-state index in [0.29, 0.717) is 13.0 Å². The van der Waals surface area contributed by atoms with Gasteiger partial charge in [0, 0.05) is 12.6 Å². The first-order chi connectivity index (χ1) is 10.7. The first kappa shape index (κ1) is 18.0. The van der Waals surface area contributed by atoms with Gasteiger partial charge in [-0.1, -0.05) is 20.8 Å². The summed E-state index contributed by atoms with van der Waals surface area (Å²) in [7, 11) is 0. The maximum atomic E-state index is 12.9. The van der Waals surface area contributed by atoms with Crippen LogP contribution in [-0.2, 0) is 9.53 Å². The quantitative estimate of drug-likeness (QED) is 0.832. The number of β-amino-alcohol motifs (C(OH)–C–C–N with tert-alkyl or cyclic N) is 1. The van der Waals surface area contributed by atoms with Crippen LogP contribution in [0.1, 0.15) is 59.8 Å². The summed E-state index contributed by atoms with van der Waals surface area (Å²) in [5.41, 5.74) is -0.432. The second kappa shape index (κ2) is 7.07. The Balaban J connectivity index is 2.01. The van der Waals surface area contributed by atoms with Crippen molar-refractivity contribution in [1.82, 2.24) is 10.2 Å². The summed E-state index contributed by atoms with van der Waals surface area (Å²) < 4.78 is 5.43. The molecule has 0 spiro atoms. The second-order valence-electron chi connectivity index (χ2n) is 7.98. The number of carbonyl (C=O) groups is 2. The Morgan fingerprint density at radius 2 is 1.87 bits per heavy atom. The van der Waals surface area contributed by atoms with Gasteiger partial charge in [0.2, 0.25) is 5.91 Å². The number of nitrogens with one attached hydrogen (secondary N) is 1. The summed E-state index contributed by atoms with van der Waals surface area (Å²) >= 11 is 0. The molecular weight excluding hydrogens is 296 g/mol. The van der Waals surface area contributed by atoms with E-state index in [0.717, 1.165) is 25.7 Å². The number of alkyl carbamates (subject to hydrolysis) is 1. The van der Waals surface area contributed by atoms with Crippen molar-refractivity contribution >= 4 is 12.0 Å². The molecule has 3 atom stereocenters. The molecule has 0 aromatic carbocycles. The molecule has 0 unspecified atom stereocenters. The van der Waals surface area contributed by atoms with Crippen LogP contribution in [0, 0.1) is 5.41 Å². The molecule has 1 saturated carbocycles. The summed E-state index contributed by atoms with van der Waals surface area (Å²) in [6.45, 7) is 8.00. The van der Waals surface area contributed by atoms with Gasteiger partial charge in [0.15, 0.2) is 0 Å². The van der Waals surface area contributed by atoms with Crippen molar-refractivity contribution in [2.75, 3.05) is 6.54 Å². The van der Waals surface area contributed by atoms with Gasteiger partial charge in [-0.05, 0) is 44.4 Å². The highest BCUT2D eigenvalue weighted by Gasteiger charge is 2.41. The summed E-state index contributed by atoms with van der Waals surface area (Å²) in [5.74, 6) is -0.148. The number of amides is 2. The van der Waals surface area contributed by atoms with Crippen molar-refractivity contribution in [2.24, 2.45) is 5.41 Å². The van der Waals surface area contributed by atoms with Crippen LogP contribution in [0.25, 0.3) is 0 Å². The molecule has 6 nitrogen and oxygen atoms in total. The van der Waals surface area contributed by atoms with E-state index in [9.17, 15) is 14.7 Å². The van der Waals surface area contributed by atoms with Gasteiger partial charge in [-0.2, -0.15) is 0 Å². The van der Waals surface area contributed by atoms with Crippen molar-refractivity contribution in [3.63, 3.8) is 0 Å². The molecule has 2 fully saturated rings. The van der Waals surface area contributed by atoms with E-state index >= 15 is 0 Å². The van der Waals surface area contributed by atoms with E-state index in [1.165, 1.54) is 0 Å². The summed E-state index contributed by atoms with van der Waals surface area (Å²) in [6.07, 6.45) is 3.52. The lowest BCUT2D eigenvalue weighted by molar-refractivity contribution is -0.136. The molecule has 23 heavy (non-hydrogen) atoms. The molecule has 2 aliphatic rings. The molecule has 132 valence electrons. The molecule has 0 aromatic rings. The van der Waals surface area contributed by atoms with Crippen LogP contribution in [0.3, 0.4) is 0 Å². The topological polar surface area (TPSA) is 78.9 Å². The van der Waals surface area contributed by atoms with Gasteiger partial charge in [0.1, 0.15) is 12.1 Å². The normalized spacial score (nSPS) is 27.1. The second-order valence-corrected chi connectivity index (χ2v) is 7.98. The molecule has 2 amide bonds. The lowest BCUT2D eigenvalue weighted by Crippen LogP contribution is -2.55. The maximum Gasteiger partial charge on any atom is 0.408 e. The van der Waals surface area contributed by atoms with Crippen LogP contribution < -0.4 is 5.32 Å². The van der Waals surface area contributed by atoms with Crippen LogP contribution in [0.2, 0.25) is 0 Å². The SMILES string of the molecule is C[C@@H]1C[C@@H](O)CN1C(=O)[C@@H](NC(=O)OC1CCCC1)C(C)(C)C. The summed E-state index contributed by atoms with van der Waals surface area (Å²) in [4.78, 5) is 26.7. The monoisotopic (exact) mass is 326 g/mol. The number of hydrogen-bond acceptors (Lipinski definition) is 4. The standard InChI is InChI=1S/C17H30N2O4/c1-11-9-12(20)10-19(11)15(21)14(17(2,3)4)18-16(22)23-13-7-5-6-8-13/h11-14,20H,5-10H2,1-4H3,(H,18,22)/t11-,12-,14-/m1/s1. The zero-order valence-electron chi connectivity index (χ0n) is 14.7. The Morgan fingerprint density at radius 1 is 1.26 bits per heavy atom. The van der Waals surface area contributed by atoms with Crippen LogP contribution in [0.4, 0.5) is 4.79 Å². The average molecular weight is 326 g/mol. The number of ether oxygens (including phenoxy) is 1. The van der Waals surface area contributed by atoms with Crippen LogP contribution in [0.15, 0.2) is 0 Å². The van der Waals surface area contributed by atoms with E-state index in [4.69, 9.17) is 4.74 Å². The fourth-order valence-electron chi connectivity index (χ4n) is 3.43. The summed E-state index contributed by atoms with van der Waals surface area (Å²) in [5, 5.41) is 12.5. The smallest absolute Gasteiger partial charge is 0.408 e. The van der Waals surface area contributed by atoms with E-state index in [-0.39, 0.29) is 18.1 Å². The Kier molecular flexibility index (Phi) is 5.55. The number of nitrogens with zero attached hydrogens (tertiary/aromatic N) is 1. The predicted molar refractivity (Wildman–Crippen MR) is 86.9 cm³/mol. The molecule has 0 radical (unpaired) electrons. The molecule has 1 saturated heterocycles. The van der Waals surface area contributed by atoms with Crippen molar-refractivity contribution < 1.29 is 19.4 Å². The first-order valence-electron chi connectivity index (χ1n) is 8.64. The first-order valence-corrected chi connectivity index (χ1v) is 8.64. The molecule has 2 rings (SSSR count). The molecule has 6 heteroatoms. The van der Waals surface area contributed by atoms with Crippen molar-refractivity contribution in [3.8, 4) is 0 Å². The van der Waals surface area contributed by atoms with Gasteiger partial charge in [-0.3, -0.25) is 4.79 Å². The fraction of sp³-hybridized carbons (Fsp3) is 0.882. The predicted octanol–water partition coefficient (Wildman–Crippen LogP) is 2.05. The molecule has 1 heterocycles. The van der Waals surface area contributed by atoms with E-state index in [1.54, 1.807) is 4.90 Å². The lowest BCUT2D eigenvalue weighted by atomic mass is 9.85. The Morgan fingerprint density at radius 3 is 2.35 bits per heavy atom. The third kappa shape index (κ3) is 4.59. The highest BCUT2D eigenvalue weighted by Crippen LogP contribution is 2.26. The van der Waals surface area contributed by atoms with Crippen LogP contribution >= 0.6 is 0 Å². The minimum Gasteiger partial charge on any atom is -0.446 e. The van der Waals surface area contributed by atoms with E-state index in [1.807, 2.05) is 27.7 Å². The number of likely N-dealkylation sites (tertiary alicyclic amines) is 1. The number of aliphatic hydroxyl groups is 1. The van der Waals surface area contributed by atoms with Gasteiger partial charge in [0.25, 0.3) is 0 Å².